The molecule has 1 atom stereocenters. The standard InChI is InChI=1S/C13H19BrN2/c1-10-4-2-3-7-16(10)9-11-5-6-13(15)12(14)8-11/h5-6,8,10H,2-4,7,9,15H2,1H3. The summed E-state index contributed by atoms with van der Waals surface area (Å²) in [5, 5.41) is 0. The summed E-state index contributed by atoms with van der Waals surface area (Å²) in [6, 6.07) is 6.96. The Morgan fingerprint density at radius 3 is 2.94 bits per heavy atom. The van der Waals surface area contributed by atoms with Crippen LogP contribution < -0.4 is 5.73 Å². The summed E-state index contributed by atoms with van der Waals surface area (Å²) in [4.78, 5) is 2.56. The first-order chi connectivity index (χ1) is 7.66. The van der Waals surface area contributed by atoms with Crippen LogP contribution in [0.1, 0.15) is 31.7 Å². The van der Waals surface area contributed by atoms with Gasteiger partial charge in [0.15, 0.2) is 0 Å². The Morgan fingerprint density at radius 2 is 2.25 bits per heavy atom. The fraction of sp³-hybridized carbons (Fsp3) is 0.538. The zero-order valence-corrected chi connectivity index (χ0v) is 11.3. The smallest absolute Gasteiger partial charge is 0.0458 e. The first-order valence-corrected chi connectivity index (χ1v) is 6.74. The SMILES string of the molecule is CC1CCCCN1Cc1ccc(N)c(Br)c1. The molecule has 1 unspecified atom stereocenters. The van der Waals surface area contributed by atoms with Crippen LogP contribution in [-0.2, 0) is 6.54 Å². The Balaban J connectivity index is 2.05. The highest BCUT2D eigenvalue weighted by Crippen LogP contribution is 2.23. The van der Waals surface area contributed by atoms with E-state index in [9.17, 15) is 0 Å². The molecule has 16 heavy (non-hydrogen) atoms. The normalized spacial score (nSPS) is 22.2. The van der Waals surface area contributed by atoms with Gasteiger partial charge >= 0.3 is 0 Å². The minimum absolute atomic E-state index is 0.713. The van der Waals surface area contributed by atoms with Crippen molar-refractivity contribution in [2.24, 2.45) is 0 Å². The molecule has 0 aromatic heterocycles. The molecular weight excluding hydrogens is 264 g/mol. The summed E-state index contributed by atoms with van der Waals surface area (Å²) in [6.45, 7) is 4.59. The first kappa shape index (κ1) is 11.9. The lowest BCUT2D eigenvalue weighted by molar-refractivity contribution is 0.152. The molecule has 2 nitrogen and oxygen atoms in total. The van der Waals surface area contributed by atoms with Gasteiger partial charge in [0.2, 0.25) is 0 Å². The molecule has 0 amide bonds. The lowest BCUT2D eigenvalue weighted by Crippen LogP contribution is -2.36. The summed E-state index contributed by atoms with van der Waals surface area (Å²) >= 11 is 3.48. The van der Waals surface area contributed by atoms with Gasteiger partial charge in [0.05, 0.1) is 0 Å². The molecular formula is C13H19BrN2. The van der Waals surface area contributed by atoms with E-state index in [0.29, 0.717) is 6.04 Å². The Bertz CT molecular complexity index is 365. The van der Waals surface area contributed by atoms with Crippen LogP contribution in [0.5, 0.6) is 0 Å². The van der Waals surface area contributed by atoms with Gasteiger partial charge in [-0.3, -0.25) is 4.90 Å². The monoisotopic (exact) mass is 282 g/mol. The zero-order chi connectivity index (χ0) is 11.5. The summed E-state index contributed by atoms with van der Waals surface area (Å²) in [7, 11) is 0. The zero-order valence-electron chi connectivity index (χ0n) is 9.75. The largest absolute Gasteiger partial charge is 0.398 e. The second kappa shape index (κ2) is 5.19. The number of nitrogens with zero attached hydrogens (tertiary/aromatic N) is 1. The molecule has 1 aliphatic rings. The van der Waals surface area contributed by atoms with Gasteiger partial charge in [-0.25, -0.2) is 0 Å². The van der Waals surface area contributed by atoms with Crippen molar-refractivity contribution in [3.63, 3.8) is 0 Å². The van der Waals surface area contributed by atoms with Crippen LogP contribution in [-0.4, -0.2) is 17.5 Å². The number of piperidine rings is 1. The van der Waals surface area contributed by atoms with Crippen LogP contribution >= 0.6 is 15.9 Å². The van der Waals surface area contributed by atoms with Gasteiger partial charge in [-0.05, 0) is 59.9 Å². The van der Waals surface area contributed by atoms with Crippen LogP contribution in [0.25, 0.3) is 0 Å². The molecule has 1 aromatic rings. The minimum Gasteiger partial charge on any atom is -0.398 e. The van der Waals surface area contributed by atoms with Crippen molar-refractivity contribution in [3.05, 3.63) is 28.2 Å². The van der Waals surface area contributed by atoms with E-state index in [1.807, 2.05) is 6.07 Å². The summed E-state index contributed by atoms with van der Waals surface area (Å²) < 4.78 is 1.01. The van der Waals surface area contributed by atoms with Crippen molar-refractivity contribution < 1.29 is 0 Å². The average Bonchev–Trinajstić information content (AvgIpc) is 2.27. The van der Waals surface area contributed by atoms with Crippen LogP contribution in [0.2, 0.25) is 0 Å². The maximum atomic E-state index is 5.79. The van der Waals surface area contributed by atoms with Gasteiger partial charge in [0.25, 0.3) is 0 Å². The van der Waals surface area contributed by atoms with E-state index in [0.717, 1.165) is 16.7 Å². The van der Waals surface area contributed by atoms with E-state index in [4.69, 9.17) is 5.73 Å². The van der Waals surface area contributed by atoms with Gasteiger partial charge in [0.1, 0.15) is 0 Å². The third-order valence-electron chi connectivity index (χ3n) is 3.39. The molecule has 0 radical (unpaired) electrons. The molecule has 1 heterocycles. The Kier molecular flexibility index (Phi) is 3.87. The quantitative estimate of drug-likeness (QED) is 0.843. The van der Waals surface area contributed by atoms with Gasteiger partial charge in [-0.15, -0.1) is 0 Å². The number of halogens is 1. The molecule has 1 aliphatic heterocycles. The molecule has 0 spiro atoms. The Labute approximate surface area is 106 Å². The number of hydrogen-bond acceptors (Lipinski definition) is 2. The van der Waals surface area contributed by atoms with Crippen LogP contribution in [0, 0.1) is 0 Å². The summed E-state index contributed by atoms with van der Waals surface area (Å²) in [6.07, 6.45) is 4.04. The maximum Gasteiger partial charge on any atom is 0.0458 e. The van der Waals surface area contributed by atoms with E-state index < -0.39 is 0 Å². The fourth-order valence-corrected chi connectivity index (χ4v) is 2.72. The van der Waals surface area contributed by atoms with Crippen LogP contribution in [0.3, 0.4) is 0 Å². The molecule has 88 valence electrons. The molecule has 2 rings (SSSR count). The average molecular weight is 283 g/mol. The van der Waals surface area contributed by atoms with Crippen molar-refractivity contribution in [3.8, 4) is 0 Å². The summed E-state index contributed by atoms with van der Waals surface area (Å²) in [5.74, 6) is 0. The van der Waals surface area contributed by atoms with Crippen molar-refractivity contribution in [1.82, 2.24) is 4.90 Å². The number of hydrogen-bond donors (Lipinski definition) is 1. The maximum absolute atomic E-state index is 5.79. The number of anilines is 1. The van der Waals surface area contributed by atoms with Crippen molar-refractivity contribution in [2.45, 2.75) is 38.8 Å². The predicted octanol–water partition coefficient (Wildman–Crippen LogP) is 3.41. The molecule has 0 saturated carbocycles. The van der Waals surface area contributed by atoms with E-state index >= 15 is 0 Å². The fourth-order valence-electron chi connectivity index (χ4n) is 2.30. The van der Waals surface area contributed by atoms with Gasteiger partial charge in [-0.2, -0.15) is 0 Å². The first-order valence-electron chi connectivity index (χ1n) is 5.95. The second-order valence-electron chi connectivity index (χ2n) is 4.67. The number of likely N-dealkylation sites (tertiary alicyclic amines) is 1. The lowest BCUT2D eigenvalue weighted by Gasteiger charge is -2.33. The van der Waals surface area contributed by atoms with Crippen LogP contribution in [0.4, 0.5) is 5.69 Å². The van der Waals surface area contributed by atoms with Crippen LogP contribution in [0.15, 0.2) is 22.7 Å². The molecule has 1 fully saturated rings. The predicted molar refractivity (Wildman–Crippen MR) is 72.3 cm³/mol. The molecule has 0 bridgehead atoms. The third-order valence-corrected chi connectivity index (χ3v) is 4.08. The van der Waals surface area contributed by atoms with Gasteiger partial charge in [0, 0.05) is 22.7 Å². The van der Waals surface area contributed by atoms with Gasteiger partial charge < -0.3 is 5.73 Å². The molecule has 3 heteroatoms. The van der Waals surface area contributed by atoms with Crippen molar-refractivity contribution >= 4 is 21.6 Å². The van der Waals surface area contributed by atoms with Crippen molar-refractivity contribution in [1.29, 1.82) is 0 Å². The topological polar surface area (TPSA) is 29.3 Å². The Morgan fingerprint density at radius 1 is 1.44 bits per heavy atom. The number of nitrogens with two attached hydrogens (primary N) is 1. The van der Waals surface area contributed by atoms with E-state index in [2.05, 4.69) is 39.9 Å². The molecule has 1 saturated heterocycles. The van der Waals surface area contributed by atoms with E-state index in [1.165, 1.54) is 31.4 Å². The minimum atomic E-state index is 0.713. The molecule has 0 aliphatic carbocycles. The Hall–Kier alpha value is -0.540. The molecule has 2 N–H and O–H groups in total. The lowest BCUT2D eigenvalue weighted by atomic mass is 10.0. The third kappa shape index (κ3) is 2.77. The van der Waals surface area contributed by atoms with Crippen molar-refractivity contribution in [2.75, 3.05) is 12.3 Å². The molecule has 1 aromatic carbocycles. The van der Waals surface area contributed by atoms with Gasteiger partial charge in [-0.1, -0.05) is 12.5 Å². The van der Waals surface area contributed by atoms with E-state index in [1.54, 1.807) is 0 Å². The number of rotatable bonds is 2. The number of benzene rings is 1. The highest BCUT2D eigenvalue weighted by atomic mass is 79.9. The van der Waals surface area contributed by atoms with E-state index in [-0.39, 0.29) is 0 Å². The summed E-state index contributed by atoms with van der Waals surface area (Å²) in [5.41, 5.74) is 7.95. The highest BCUT2D eigenvalue weighted by molar-refractivity contribution is 9.10. The highest BCUT2D eigenvalue weighted by Gasteiger charge is 2.18. The second-order valence-corrected chi connectivity index (χ2v) is 5.53. The number of nitrogen functional groups attached to an aromatic ring is 1.